The van der Waals surface area contributed by atoms with E-state index >= 15 is 0 Å². The number of aromatic nitrogens is 2. The van der Waals surface area contributed by atoms with Crippen LogP contribution in [-0.2, 0) is 9.53 Å². The third-order valence-electron chi connectivity index (χ3n) is 4.86. The van der Waals surface area contributed by atoms with E-state index in [1.54, 1.807) is 12.3 Å². The number of aromatic amines is 1. The standard InChI is InChI=1S/C18H19F3N4O2S/c1-10(18(22-6-7-28-18)27-9-17(19,20)21)23-16(26)12-8-11(12)15-24-13-4-2-3-5-14(13)25-15/h2-7,10-12,22H,8-9H2,1H3,(H,23,26)(H,24,25)/t10-,11-,12-,18?/m1/s1. The summed E-state index contributed by atoms with van der Waals surface area (Å²) in [5.74, 6) is 0.255. The first kappa shape index (κ1) is 19.1. The maximum atomic E-state index is 12.6. The van der Waals surface area contributed by atoms with Crippen molar-refractivity contribution in [3.05, 3.63) is 41.7 Å². The van der Waals surface area contributed by atoms with Crippen molar-refractivity contribution in [2.24, 2.45) is 5.92 Å². The van der Waals surface area contributed by atoms with Crippen LogP contribution in [0.2, 0.25) is 0 Å². The van der Waals surface area contributed by atoms with E-state index in [0.29, 0.717) is 6.42 Å². The van der Waals surface area contributed by atoms with Crippen LogP contribution in [0.1, 0.15) is 25.1 Å². The van der Waals surface area contributed by atoms with Crippen LogP contribution in [0.3, 0.4) is 0 Å². The summed E-state index contributed by atoms with van der Waals surface area (Å²) in [6.07, 6.45) is -2.30. The van der Waals surface area contributed by atoms with E-state index in [2.05, 4.69) is 20.6 Å². The van der Waals surface area contributed by atoms with E-state index in [4.69, 9.17) is 4.74 Å². The zero-order valence-corrected chi connectivity index (χ0v) is 15.7. The van der Waals surface area contributed by atoms with Crippen LogP contribution < -0.4 is 10.6 Å². The van der Waals surface area contributed by atoms with Crippen molar-refractivity contribution in [3.63, 3.8) is 0 Å². The minimum absolute atomic E-state index is 0.0195. The number of hydrogen-bond donors (Lipinski definition) is 3. The number of hydrogen-bond acceptors (Lipinski definition) is 5. The van der Waals surface area contributed by atoms with E-state index in [1.165, 1.54) is 6.20 Å². The Bertz CT molecular complexity index is 873. The molecule has 2 aromatic rings. The van der Waals surface area contributed by atoms with Crippen molar-refractivity contribution in [3.8, 4) is 0 Å². The van der Waals surface area contributed by atoms with Crippen molar-refractivity contribution >= 4 is 28.7 Å². The molecule has 3 N–H and O–H groups in total. The highest BCUT2D eigenvalue weighted by molar-refractivity contribution is 8.03. The molecule has 2 heterocycles. The predicted octanol–water partition coefficient (Wildman–Crippen LogP) is 3.21. The number of para-hydroxylation sites is 2. The number of alkyl halides is 3. The Morgan fingerprint density at radius 2 is 2.25 bits per heavy atom. The van der Waals surface area contributed by atoms with Gasteiger partial charge in [-0.15, -0.1) is 0 Å². The van der Waals surface area contributed by atoms with E-state index in [0.717, 1.165) is 28.6 Å². The fraction of sp³-hybridized carbons (Fsp3) is 0.444. The van der Waals surface area contributed by atoms with Crippen molar-refractivity contribution in [2.45, 2.75) is 36.5 Å². The van der Waals surface area contributed by atoms with E-state index in [9.17, 15) is 18.0 Å². The van der Waals surface area contributed by atoms with Gasteiger partial charge in [0, 0.05) is 18.0 Å². The average Bonchev–Trinajstić information content (AvgIpc) is 3.10. The molecule has 1 fully saturated rings. The number of halogens is 3. The fourth-order valence-electron chi connectivity index (χ4n) is 3.29. The molecule has 0 radical (unpaired) electrons. The van der Waals surface area contributed by atoms with Crippen molar-refractivity contribution in [1.82, 2.24) is 20.6 Å². The van der Waals surface area contributed by atoms with Gasteiger partial charge in [0.2, 0.25) is 11.0 Å². The highest BCUT2D eigenvalue weighted by atomic mass is 32.2. The topological polar surface area (TPSA) is 79.0 Å². The zero-order chi connectivity index (χ0) is 19.9. The highest BCUT2D eigenvalue weighted by Crippen LogP contribution is 2.47. The van der Waals surface area contributed by atoms with Gasteiger partial charge in [-0.2, -0.15) is 13.2 Å². The second kappa shape index (κ2) is 7.00. The number of H-pyrrole nitrogens is 1. The molecule has 10 heteroatoms. The molecular formula is C18H19F3N4O2S. The SMILES string of the molecule is C[C@@H](NC(=O)[C@@H]1C[C@H]1c1nc2ccccc2[nH]1)C1(OCC(F)(F)F)NC=CS1. The number of imidazole rings is 1. The summed E-state index contributed by atoms with van der Waals surface area (Å²) < 4.78 is 42.9. The molecule has 0 spiro atoms. The first-order valence-electron chi connectivity index (χ1n) is 8.84. The van der Waals surface area contributed by atoms with Crippen LogP contribution >= 0.6 is 11.8 Å². The van der Waals surface area contributed by atoms with Crippen LogP contribution in [0.5, 0.6) is 0 Å². The number of ether oxygens (including phenoxy) is 1. The molecule has 4 atom stereocenters. The van der Waals surface area contributed by atoms with Gasteiger partial charge in [-0.05, 0) is 30.9 Å². The Balaban J connectivity index is 1.39. The molecule has 0 saturated heterocycles. The zero-order valence-electron chi connectivity index (χ0n) is 14.9. The number of fused-ring (bicyclic) bond motifs is 1. The Labute approximate surface area is 163 Å². The Morgan fingerprint density at radius 3 is 2.93 bits per heavy atom. The first-order chi connectivity index (χ1) is 13.3. The maximum absolute atomic E-state index is 12.6. The number of amides is 1. The lowest BCUT2D eigenvalue weighted by Gasteiger charge is -2.35. The predicted molar refractivity (Wildman–Crippen MR) is 99.2 cm³/mol. The number of benzene rings is 1. The van der Waals surface area contributed by atoms with E-state index < -0.39 is 23.9 Å². The molecule has 0 bridgehead atoms. The van der Waals surface area contributed by atoms with Gasteiger partial charge in [-0.3, -0.25) is 4.79 Å². The van der Waals surface area contributed by atoms with Gasteiger partial charge in [-0.25, -0.2) is 4.98 Å². The van der Waals surface area contributed by atoms with Crippen LogP contribution in [0, 0.1) is 5.92 Å². The Kier molecular flexibility index (Phi) is 4.78. The third-order valence-corrected chi connectivity index (χ3v) is 6.07. The summed E-state index contributed by atoms with van der Waals surface area (Å²) >= 11 is 1.07. The largest absolute Gasteiger partial charge is 0.411 e. The molecule has 1 aliphatic carbocycles. The average molecular weight is 412 g/mol. The van der Waals surface area contributed by atoms with Gasteiger partial charge < -0.3 is 20.4 Å². The second-order valence-electron chi connectivity index (χ2n) is 6.95. The summed E-state index contributed by atoms with van der Waals surface area (Å²) in [5, 5.41) is 5.82. The molecule has 2 aliphatic rings. The normalized spacial score (nSPS) is 27.6. The summed E-state index contributed by atoms with van der Waals surface area (Å²) in [4.78, 5) is 20.4. The number of nitrogens with one attached hydrogen (secondary N) is 3. The molecular weight excluding hydrogens is 393 g/mol. The van der Waals surface area contributed by atoms with Gasteiger partial charge in [-0.1, -0.05) is 23.9 Å². The molecule has 1 aromatic heterocycles. The van der Waals surface area contributed by atoms with E-state index in [1.807, 2.05) is 24.3 Å². The lowest BCUT2D eigenvalue weighted by atomic mass is 10.2. The van der Waals surface area contributed by atoms with Crippen molar-refractivity contribution in [2.75, 3.05) is 6.61 Å². The highest BCUT2D eigenvalue weighted by Gasteiger charge is 2.49. The molecule has 1 amide bonds. The maximum Gasteiger partial charge on any atom is 0.411 e. The number of thioether (sulfide) groups is 1. The van der Waals surface area contributed by atoms with Gasteiger partial charge in [0.15, 0.2) is 0 Å². The lowest BCUT2D eigenvalue weighted by molar-refractivity contribution is -0.195. The van der Waals surface area contributed by atoms with Crippen LogP contribution in [0.4, 0.5) is 13.2 Å². The minimum Gasteiger partial charge on any atom is -0.353 e. The Morgan fingerprint density at radius 1 is 1.46 bits per heavy atom. The summed E-state index contributed by atoms with van der Waals surface area (Å²) in [5.41, 5.74) is 1.75. The number of carbonyl (C=O) groups excluding carboxylic acids is 1. The summed E-state index contributed by atoms with van der Waals surface area (Å²) in [7, 11) is 0. The quantitative estimate of drug-likeness (QED) is 0.679. The lowest BCUT2D eigenvalue weighted by Crippen LogP contribution is -2.57. The molecule has 1 unspecified atom stereocenters. The van der Waals surface area contributed by atoms with Crippen molar-refractivity contribution < 1.29 is 22.7 Å². The van der Waals surface area contributed by atoms with E-state index in [-0.39, 0.29) is 17.7 Å². The van der Waals surface area contributed by atoms with Crippen LogP contribution in [0.15, 0.2) is 35.9 Å². The fourth-order valence-corrected chi connectivity index (χ4v) is 4.15. The smallest absolute Gasteiger partial charge is 0.353 e. The molecule has 1 aliphatic heterocycles. The molecule has 6 nitrogen and oxygen atoms in total. The molecule has 1 saturated carbocycles. The summed E-state index contributed by atoms with van der Waals surface area (Å²) in [6.45, 7) is 0.222. The van der Waals surface area contributed by atoms with Crippen LogP contribution in [-0.4, -0.2) is 39.8 Å². The monoisotopic (exact) mass is 412 g/mol. The number of rotatable bonds is 6. The minimum atomic E-state index is -4.45. The molecule has 150 valence electrons. The molecule has 1 aromatic carbocycles. The number of carbonyl (C=O) groups is 1. The van der Waals surface area contributed by atoms with Gasteiger partial charge >= 0.3 is 6.18 Å². The Hall–Kier alpha value is -2.20. The van der Waals surface area contributed by atoms with Crippen LogP contribution in [0.25, 0.3) is 11.0 Å². The van der Waals surface area contributed by atoms with Gasteiger partial charge in [0.1, 0.15) is 12.4 Å². The van der Waals surface area contributed by atoms with Gasteiger partial charge in [0.25, 0.3) is 0 Å². The first-order valence-corrected chi connectivity index (χ1v) is 9.72. The molecule has 28 heavy (non-hydrogen) atoms. The third kappa shape index (κ3) is 3.83. The second-order valence-corrected chi connectivity index (χ2v) is 8.07. The van der Waals surface area contributed by atoms with Gasteiger partial charge in [0.05, 0.1) is 17.1 Å². The van der Waals surface area contributed by atoms with Crippen molar-refractivity contribution in [1.29, 1.82) is 0 Å². The summed E-state index contributed by atoms with van der Waals surface area (Å²) in [6, 6.07) is 6.94. The molecule has 4 rings (SSSR count). The number of nitrogens with zero attached hydrogens (tertiary/aromatic N) is 1.